The van der Waals surface area contributed by atoms with Crippen LogP contribution in [0.4, 0.5) is 5.69 Å². The second-order valence-electron chi connectivity index (χ2n) is 5.21. The number of aliphatic imine (C=N–C) groups is 1. The van der Waals surface area contributed by atoms with Gasteiger partial charge in [0.05, 0.1) is 33.1 Å². The fourth-order valence-electron chi connectivity index (χ4n) is 2.13. The van der Waals surface area contributed by atoms with Gasteiger partial charge in [0.25, 0.3) is 0 Å². The zero-order chi connectivity index (χ0) is 18.1. The van der Waals surface area contributed by atoms with Gasteiger partial charge in [0.1, 0.15) is 11.5 Å². The van der Waals surface area contributed by atoms with E-state index in [0.717, 1.165) is 12.0 Å². The monoisotopic (exact) mass is 472 g/mol. The lowest BCUT2D eigenvalue weighted by molar-refractivity contribution is 0.302. The number of hydrogen-bond donors (Lipinski definition) is 2. The highest BCUT2D eigenvalue weighted by Gasteiger charge is 2.07. The van der Waals surface area contributed by atoms with Crippen molar-refractivity contribution in [3.8, 4) is 17.4 Å². The van der Waals surface area contributed by atoms with Crippen LogP contribution < -0.4 is 25.3 Å². The van der Waals surface area contributed by atoms with Crippen LogP contribution in [0.25, 0.3) is 0 Å². The number of rotatable bonds is 8. The molecule has 0 saturated carbocycles. The van der Waals surface area contributed by atoms with Crippen molar-refractivity contribution in [2.24, 2.45) is 10.7 Å². The first-order chi connectivity index (χ1) is 12.2. The smallest absolute Gasteiger partial charge is 0.218 e. The van der Waals surface area contributed by atoms with Crippen molar-refractivity contribution in [1.82, 2.24) is 4.98 Å². The maximum atomic E-state index is 6.00. The van der Waals surface area contributed by atoms with Crippen molar-refractivity contribution in [2.45, 2.75) is 19.9 Å². The van der Waals surface area contributed by atoms with Crippen LogP contribution in [-0.4, -0.2) is 31.8 Å². The Morgan fingerprint density at radius 3 is 2.73 bits per heavy atom. The number of nitrogens with two attached hydrogens (primary N) is 1. The summed E-state index contributed by atoms with van der Waals surface area (Å²) in [5, 5.41) is 3.03. The minimum Gasteiger partial charge on any atom is -0.497 e. The Morgan fingerprint density at radius 2 is 2.04 bits per heavy atom. The van der Waals surface area contributed by atoms with Gasteiger partial charge in [0.2, 0.25) is 5.88 Å². The number of nitrogens with zero attached hydrogens (tertiary/aromatic N) is 2. The van der Waals surface area contributed by atoms with E-state index in [9.17, 15) is 0 Å². The van der Waals surface area contributed by atoms with E-state index in [1.54, 1.807) is 32.5 Å². The molecule has 142 valence electrons. The third kappa shape index (κ3) is 6.25. The maximum Gasteiger partial charge on any atom is 0.218 e. The predicted octanol–water partition coefficient (Wildman–Crippen LogP) is 3.43. The van der Waals surface area contributed by atoms with Gasteiger partial charge in [-0.2, -0.15) is 0 Å². The quantitative estimate of drug-likeness (QED) is 0.348. The first-order valence-corrected chi connectivity index (χ1v) is 8.03. The fourth-order valence-corrected chi connectivity index (χ4v) is 2.13. The molecule has 1 heterocycles. The molecule has 26 heavy (non-hydrogen) atoms. The van der Waals surface area contributed by atoms with Crippen LogP contribution in [0.1, 0.15) is 18.9 Å². The third-order valence-corrected chi connectivity index (χ3v) is 3.38. The van der Waals surface area contributed by atoms with Crippen LogP contribution in [0.3, 0.4) is 0 Å². The number of hydrogen-bond acceptors (Lipinski definition) is 5. The second kappa shape index (κ2) is 11.4. The molecule has 2 aromatic rings. The number of aromatic nitrogens is 1. The average molecular weight is 472 g/mol. The molecule has 0 aliphatic rings. The van der Waals surface area contributed by atoms with Gasteiger partial charge in [-0.3, -0.25) is 0 Å². The Hall–Kier alpha value is -2.23. The first-order valence-electron chi connectivity index (χ1n) is 8.03. The molecule has 3 N–H and O–H groups in total. The number of ether oxygens (including phenoxy) is 3. The topological polar surface area (TPSA) is 91.0 Å². The van der Waals surface area contributed by atoms with Crippen LogP contribution in [0.5, 0.6) is 17.4 Å². The van der Waals surface area contributed by atoms with E-state index in [0.29, 0.717) is 36.2 Å². The van der Waals surface area contributed by atoms with Crippen molar-refractivity contribution >= 4 is 35.6 Å². The molecule has 1 aromatic heterocycles. The molecule has 0 fully saturated rings. The molecule has 0 saturated heterocycles. The molecule has 0 atom stereocenters. The highest BCUT2D eigenvalue weighted by molar-refractivity contribution is 14.0. The Balaban J connectivity index is 0.00000338. The number of anilines is 1. The third-order valence-electron chi connectivity index (χ3n) is 3.38. The number of benzene rings is 1. The molecule has 0 aliphatic heterocycles. The lowest BCUT2D eigenvalue weighted by Gasteiger charge is -2.12. The van der Waals surface area contributed by atoms with Crippen LogP contribution >= 0.6 is 24.0 Å². The minimum atomic E-state index is 0. The average Bonchev–Trinajstić information content (AvgIpc) is 2.65. The summed E-state index contributed by atoms with van der Waals surface area (Å²) in [5.74, 6) is 2.18. The number of pyridine rings is 1. The summed E-state index contributed by atoms with van der Waals surface area (Å²) in [6.45, 7) is 3.02. The van der Waals surface area contributed by atoms with Crippen LogP contribution in [0.2, 0.25) is 0 Å². The van der Waals surface area contributed by atoms with E-state index < -0.39 is 0 Å². The van der Waals surface area contributed by atoms with E-state index in [-0.39, 0.29) is 29.9 Å². The van der Waals surface area contributed by atoms with E-state index in [2.05, 4.69) is 15.3 Å². The van der Waals surface area contributed by atoms with Crippen molar-refractivity contribution in [1.29, 1.82) is 0 Å². The summed E-state index contributed by atoms with van der Waals surface area (Å²) in [7, 11) is 3.19. The van der Waals surface area contributed by atoms with Gasteiger partial charge in [0, 0.05) is 17.8 Å². The summed E-state index contributed by atoms with van der Waals surface area (Å²) in [6, 6.07) is 9.16. The van der Waals surface area contributed by atoms with Gasteiger partial charge in [-0.25, -0.2) is 9.98 Å². The molecular weight excluding hydrogens is 447 g/mol. The number of halogens is 1. The fraction of sp³-hybridized carbons (Fsp3) is 0.333. The Bertz CT molecular complexity index is 725. The molecule has 0 unspecified atom stereocenters. The molecule has 8 heteroatoms. The largest absolute Gasteiger partial charge is 0.497 e. The van der Waals surface area contributed by atoms with Gasteiger partial charge in [0.15, 0.2) is 5.96 Å². The van der Waals surface area contributed by atoms with E-state index in [4.69, 9.17) is 19.9 Å². The molecule has 0 amide bonds. The summed E-state index contributed by atoms with van der Waals surface area (Å²) in [5.41, 5.74) is 7.55. The van der Waals surface area contributed by atoms with Gasteiger partial charge >= 0.3 is 0 Å². The van der Waals surface area contributed by atoms with Crippen LogP contribution in [0, 0.1) is 0 Å². The molecule has 0 spiro atoms. The van der Waals surface area contributed by atoms with Crippen LogP contribution in [0.15, 0.2) is 41.5 Å². The van der Waals surface area contributed by atoms with Gasteiger partial charge in [-0.05, 0) is 24.6 Å². The van der Waals surface area contributed by atoms with E-state index >= 15 is 0 Å². The number of nitrogens with one attached hydrogen (secondary N) is 1. The van der Waals surface area contributed by atoms with Crippen molar-refractivity contribution in [3.63, 3.8) is 0 Å². The summed E-state index contributed by atoms with van der Waals surface area (Å²) < 4.78 is 16.2. The van der Waals surface area contributed by atoms with Crippen LogP contribution in [-0.2, 0) is 6.54 Å². The molecule has 0 radical (unpaired) electrons. The zero-order valence-electron chi connectivity index (χ0n) is 15.2. The molecule has 7 nitrogen and oxygen atoms in total. The lowest BCUT2D eigenvalue weighted by atomic mass is 10.2. The Kier molecular flexibility index (Phi) is 9.56. The molecule has 0 bridgehead atoms. The lowest BCUT2D eigenvalue weighted by Crippen LogP contribution is -2.23. The molecule has 2 rings (SSSR count). The highest BCUT2D eigenvalue weighted by Crippen LogP contribution is 2.28. The predicted molar refractivity (Wildman–Crippen MR) is 114 cm³/mol. The standard InChI is InChI=1S/C18H24N4O3.HI/c1-4-10-25-17-13(6-5-9-20-17)12-21-18(19)22-15-11-14(23-2)7-8-16(15)24-3;/h5-9,11H,4,10,12H2,1-3H3,(H3,19,21,22);1H. The maximum absolute atomic E-state index is 6.00. The minimum absolute atomic E-state index is 0. The molecule has 0 aliphatic carbocycles. The summed E-state index contributed by atoms with van der Waals surface area (Å²) in [4.78, 5) is 8.60. The highest BCUT2D eigenvalue weighted by atomic mass is 127. The summed E-state index contributed by atoms with van der Waals surface area (Å²) >= 11 is 0. The van der Waals surface area contributed by atoms with Crippen molar-refractivity contribution in [3.05, 3.63) is 42.1 Å². The molecular formula is C18H25IN4O3. The Labute approximate surface area is 171 Å². The zero-order valence-corrected chi connectivity index (χ0v) is 17.5. The normalized spacial score (nSPS) is 10.7. The van der Waals surface area contributed by atoms with Gasteiger partial charge in [-0.1, -0.05) is 13.0 Å². The van der Waals surface area contributed by atoms with E-state index in [1.165, 1.54) is 0 Å². The molecule has 1 aromatic carbocycles. The second-order valence-corrected chi connectivity index (χ2v) is 5.21. The van der Waals surface area contributed by atoms with E-state index in [1.807, 2.05) is 25.1 Å². The SMILES string of the molecule is CCCOc1ncccc1CN=C(N)Nc1cc(OC)ccc1OC.I. The van der Waals surface area contributed by atoms with Crippen molar-refractivity contribution in [2.75, 3.05) is 26.1 Å². The number of guanidine groups is 1. The first kappa shape index (κ1) is 21.8. The van der Waals surface area contributed by atoms with Gasteiger partial charge < -0.3 is 25.3 Å². The van der Waals surface area contributed by atoms with Gasteiger partial charge in [-0.15, -0.1) is 24.0 Å². The summed E-state index contributed by atoms with van der Waals surface area (Å²) in [6.07, 6.45) is 2.61. The Morgan fingerprint density at radius 1 is 1.23 bits per heavy atom. The van der Waals surface area contributed by atoms with Crippen molar-refractivity contribution < 1.29 is 14.2 Å². The number of methoxy groups -OCH3 is 2.